The number of aromatic nitrogens is 2. The summed E-state index contributed by atoms with van der Waals surface area (Å²) in [5.41, 5.74) is 2.07. The van der Waals surface area contributed by atoms with Crippen molar-refractivity contribution in [1.82, 2.24) is 10.1 Å². The van der Waals surface area contributed by atoms with Gasteiger partial charge in [-0.25, -0.2) is 0 Å². The van der Waals surface area contributed by atoms with E-state index in [0.717, 1.165) is 17.5 Å². The molecule has 0 N–H and O–H groups in total. The molecule has 1 radical (unpaired) electrons. The second-order valence-corrected chi connectivity index (χ2v) is 3.78. The van der Waals surface area contributed by atoms with Crippen molar-refractivity contribution in [3.8, 4) is 11.4 Å². The highest BCUT2D eigenvalue weighted by atomic mass is 16.7. The molecular formula is C12H11N2O3. The zero-order valence-corrected chi connectivity index (χ0v) is 9.13. The summed E-state index contributed by atoms with van der Waals surface area (Å²) in [7, 11) is 0. The second-order valence-electron chi connectivity index (χ2n) is 3.78. The molecular weight excluding hydrogens is 220 g/mol. The maximum atomic E-state index is 5.39. The fraction of sp³-hybridized carbons (Fsp3) is 0.333. The van der Waals surface area contributed by atoms with Gasteiger partial charge in [-0.2, -0.15) is 4.98 Å². The Kier molecular flexibility index (Phi) is 2.85. The Morgan fingerprint density at radius 1 is 1.18 bits per heavy atom. The Morgan fingerprint density at radius 2 is 1.94 bits per heavy atom. The molecule has 0 unspecified atom stereocenters. The highest BCUT2D eigenvalue weighted by Gasteiger charge is 2.16. The van der Waals surface area contributed by atoms with Gasteiger partial charge in [-0.15, -0.1) is 0 Å². The first-order valence-corrected chi connectivity index (χ1v) is 5.44. The number of rotatable bonds is 3. The lowest BCUT2D eigenvalue weighted by atomic mass is 10.1. The highest BCUT2D eigenvalue weighted by Crippen LogP contribution is 2.17. The van der Waals surface area contributed by atoms with Crippen molar-refractivity contribution in [3.63, 3.8) is 0 Å². The van der Waals surface area contributed by atoms with Gasteiger partial charge < -0.3 is 14.0 Å². The normalized spacial score (nSPS) is 16.5. The quantitative estimate of drug-likeness (QED) is 0.800. The fourth-order valence-corrected chi connectivity index (χ4v) is 1.77. The maximum absolute atomic E-state index is 5.39. The van der Waals surface area contributed by atoms with Crippen LogP contribution in [0.15, 0.2) is 28.8 Å². The molecule has 2 aromatic rings. The lowest BCUT2D eigenvalue weighted by molar-refractivity contribution is -0.0399. The largest absolute Gasteiger partial charge is 0.350 e. The van der Waals surface area contributed by atoms with Crippen LogP contribution in [0.1, 0.15) is 5.56 Å². The van der Waals surface area contributed by atoms with E-state index in [1.165, 1.54) is 0 Å². The van der Waals surface area contributed by atoms with E-state index in [9.17, 15) is 0 Å². The number of benzene rings is 1. The summed E-state index contributed by atoms with van der Waals surface area (Å²) in [6.45, 7) is 1.36. The molecule has 1 aliphatic rings. The van der Waals surface area contributed by atoms with Crippen LogP contribution in [0.5, 0.6) is 0 Å². The average molecular weight is 231 g/mol. The Hall–Kier alpha value is -1.72. The summed E-state index contributed by atoms with van der Waals surface area (Å²) in [5, 5.41) is 3.73. The van der Waals surface area contributed by atoms with E-state index >= 15 is 0 Å². The van der Waals surface area contributed by atoms with Crippen LogP contribution < -0.4 is 0 Å². The van der Waals surface area contributed by atoms with Gasteiger partial charge in [-0.3, -0.25) is 0 Å². The third-order valence-corrected chi connectivity index (χ3v) is 2.63. The SMILES string of the molecule is [c]1nc(-c2ccc(CC3OCCO3)cc2)no1. The van der Waals surface area contributed by atoms with Gasteiger partial charge in [0.25, 0.3) is 0 Å². The first-order chi connectivity index (χ1) is 8.42. The molecule has 87 valence electrons. The van der Waals surface area contributed by atoms with Crippen LogP contribution >= 0.6 is 0 Å². The molecule has 0 spiro atoms. The molecule has 1 aromatic carbocycles. The van der Waals surface area contributed by atoms with Gasteiger partial charge in [0.2, 0.25) is 5.82 Å². The zero-order valence-electron chi connectivity index (χ0n) is 9.13. The van der Waals surface area contributed by atoms with E-state index in [-0.39, 0.29) is 6.29 Å². The Labute approximate surface area is 98.4 Å². The summed E-state index contributed by atoms with van der Waals surface area (Å²) in [6, 6.07) is 7.92. The summed E-state index contributed by atoms with van der Waals surface area (Å²) in [6.07, 6.45) is 2.98. The monoisotopic (exact) mass is 231 g/mol. The Morgan fingerprint density at radius 3 is 2.59 bits per heavy atom. The van der Waals surface area contributed by atoms with Gasteiger partial charge in [-0.05, 0) is 5.56 Å². The molecule has 0 bridgehead atoms. The van der Waals surface area contributed by atoms with Crippen molar-refractivity contribution in [2.45, 2.75) is 12.7 Å². The highest BCUT2D eigenvalue weighted by molar-refractivity contribution is 5.54. The first-order valence-electron chi connectivity index (χ1n) is 5.44. The topological polar surface area (TPSA) is 57.4 Å². The lowest BCUT2D eigenvalue weighted by Crippen LogP contribution is -2.10. The predicted molar refractivity (Wildman–Crippen MR) is 58.0 cm³/mol. The third-order valence-electron chi connectivity index (χ3n) is 2.63. The number of hydrogen-bond donors (Lipinski definition) is 0. The van der Waals surface area contributed by atoms with E-state index < -0.39 is 0 Å². The number of ether oxygens (including phenoxy) is 2. The fourth-order valence-electron chi connectivity index (χ4n) is 1.77. The van der Waals surface area contributed by atoms with Crippen molar-refractivity contribution in [1.29, 1.82) is 0 Å². The minimum atomic E-state index is -0.112. The van der Waals surface area contributed by atoms with Crippen LogP contribution in [-0.2, 0) is 15.9 Å². The second kappa shape index (κ2) is 4.65. The molecule has 1 saturated heterocycles. The number of nitrogens with zero attached hydrogens (tertiary/aromatic N) is 2. The molecule has 1 aromatic heterocycles. The Balaban J connectivity index is 1.71. The lowest BCUT2D eigenvalue weighted by Gasteiger charge is -2.08. The molecule has 5 heteroatoms. The van der Waals surface area contributed by atoms with Gasteiger partial charge in [-0.1, -0.05) is 29.4 Å². The smallest absolute Gasteiger partial charge is 0.316 e. The third kappa shape index (κ3) is 2.35. The van der Waals surface area contributed by atoms with E-state index in [0.29, 0.717) is 19.0 Å². The maximum Gasteiger partial charge on any atom is 0.316 e. The summed E-state index contributed by atoms with van der Waals surface area (Å²) in [5.74, 6) is 0.546. The van der Waals surface area contributed by atoms with Crippen molar-refractivity contribution in [3.05, 3.63) is 36.2 Å². The molecule has 17 heavy (non-hydrogen) atoms. The summed E-state index contributed by atoms with van der Waals surface area (Å²) >= 11 is 0. The van der Waals surface area contributed by atoms with Gasteiger partial charge in [0.05, 0.1) is 13.2 Å². The molecule has 0 amide bonds. The number of hydrogen-bond acceptors (Lipinski definition) is 5. The van der Waals surface area contributed by atoms with Crippen LogP contribution in [0.2, 0.25) is 0 Å². The van der Waals surface area contributed by atoms with Crippen molar-refractivity contribution >= 4 is 0 Å². The van der Waals surface area contributed by atoms with Crippen molar-refractivity contribution in [2.24, 2.45) is 0 Å². The van der Waals surface area contributed by atoms with E-state index in [2.05, 4.69) is 21.1 Å². The minimum Gasteiger partial charge on any atom is -0.350 e. The van der Waals surface area contributed by atoms with Gasteiger partial charge in [0.15, 0.2) is 6.29 Å². The van der Waals surface area contributed by atoms with Crippen LogP contribution in [0, 0.1) is 6.39 Å². The standard InChI is InChI=1S/C12H11N2O3/c1-3-10(12-13-8-17-14-12)4-2-9(1)7-11-15-5-6-16-11/h1-4,11H,5-7H2. The van der Waals surface area contributed by atoms with E-state index in [1.807, 2.05) is 24.3 Å². The van der Waals surface area contributed by atoms with Crippen LogP contribution in [0.4, 0.5) is 0 Å². The van der Waals surface area contributed by atoms with Gasteiger partial charge in [0.1, 0.15) is 0 Å². The molecule has 2 heterocycles. The molecule has 1 aliphatic heterocycles. The molecule has 0 saturated carbocycles. The molecule has 3 rings (SSSR count). The molecule has 5 nitrogen and oxygen atoms in total. The van der Waals surface area contributed by atoms with Gasteiger partial charge >= 0.3 is 6.39 Å². The van der Waals surface area contributed by atoms with E-state index in [1.54, 1.807) is 0 Å². The summed E-state index contributed by atoms with van der Waals surface area (Å²) < 4.78 is 15.4. The van der Waals surface area contributed by atoms with Crippen LogP contribution in [-0.4, -0.2) is 29.6 Å². The molecule has 0 atom stereocenters. The molecule has 1 fully saturated rings. The molecule has 0 aliphatic carbocycles. The Bertz CT molecular complexity index is 461. The van der Waals surface area contributed by atoms with Crippen LogP contribution in [0.3, 0.4) is 0 Å². The average Bonchev–Trinajstić information content (AvgIpc) is 3.01. The van der Waals surface area contributed by atoms with Crippen molar-refractivity contribution < 1.29 is 14.0 Å². The first kappa shape index (κ1) is 10.4. The zero-order chi connectivity index (χ0) is 11.5. The summed E-state index contributed by atoms with van der Waals surface area (Å²) in [4.78, 5) is 3.87. The predicted octanol–water partition coefficient (Wildman–Crippen LogP) is 1.45. The van der Waals surface area contributed by atoms with E-state index in [4.69, 9.17) is 9.47 Å². The minimum absolute atomic E-state index is 0.112. The van der Waals surface area contributed by atoms with Crippen molar-refractivity contribution in [2.75, 3.05) is 13.2 Å². The van der Waals surface area contributed by atoms with Gasteiger partial charge in [0, 0.05) is 12.0 Å². The van der Waals surface area contributed by atoms with Crippen LogP contribution in [0.25, 0.3) is 11.4 Å².